The molecule has 3 heterocycles. The Morgan fingerprint density at radius 3 is 2.21 bits per heavy atom. The van der Waals surface area contributed by atoms with E-state index in [1.54, 1.807) is 6.07 Å². The summed E-state index contributed by atoms with van der Waals surface area (Å²) in [5.41, 5.74) is 2.39. The number of hydrogen-bond donors (Lipinski definition) is 2. The Labute approximate surface area is 230 Å². The Balaban J connectivity index is 1.13. The van der Waals surface area contributed by atoms with Gasteiger partial charge in [-0.05, 0) is 60.2 Å². The first-order chi connectivity index (χ1) is 19.0. The molecule has 0 saturated carbocycles. The minimum Gasteiger partial charge on any atom is -0.457 e. The third-order valence-corrected chi connectivity index (χ3v) is 7.44. The van der Waals surface area contributed by atoms with E-state index in [-0.39, 0.29) is 5.56 Å². The van der Waals surface area contributed by atoms with Crippen LogP contribution in [0.5, 0.6) is 11.5 Å². The molecule has 1 aliphatic rings. The van der Waals surface area contributed by atoms with Crippen LogP contribution in [0.15, 0.2) is 94.5 Å². The van der Waals surface area contributed by atoms with Crippen molar-refractivity contribution in [1.29, 1.82) is 0 Å². The van der Waals surface area contributed by atoms with E-state index in [1.807, 2.05) is 78.9 Å². The molecule has 0 amide bonds. The van der Waals surface area contributed by atoms with E-state index in [1.165, 1.54) is 4.57 Å². The maximum absolute atomic E-state index is 13.3. The molecule has 0 atom stereocenters. The van der Waals surface area contributed by atoms with Gasteiger partial charge in [0, 0.05) is 45.0 Å². The smallest absolute Gasteiger partial charge is 0.329 e. The first-order valence-corrected chi connectivity index (χ1v) is 13.3. The van der Waals surface area contributed by atoms with Crippen LogP contribution < -0.4 is 20.9 Å². The average molecular weight is 542 g/mol. The topological polar surface area (TPSA) is 86.4 Å². The lowest BCUT2D eigenvalue weighted by Crippen LogP contribution is -2.48. The van der Waals surface area contributed by atoms with Gasteiger partial charge in [0.05, 0.1) is 16.1 Å². The van der Waals surface area contributed by atoms with Crippen molar-refractivity contribution in [3.63, 3.8) is 0 Å². The number of anilines is 1. The third-order valence-electron chi connectivity index (χ3n) is 7.12. The van der Waals surface area contributed by atoms with Gasteiger partial charge in [-0.15, -0.1) is 0 Å². The zero-order chi connectivity index (χ0) is 26.8. The van der Waals surface area contributed by atoms with Crippen molar-refractivity contribution in [2.24, 2.45) is 0 Å². The van der Waals surface area contributed by atoms with Crippen molar-refractivity contribution < 1.29 is 4.74 Å². The van der Waals surface area contributed by atoms with Crippen molar-refractivity contribution in [2.75, 3.05) is 37.6 Å². The van der Waals surface area contributed by atoms with Gasteiger partial charge in [-0.3, -0.25) is 19.2 Å². The number of nitrogens with zero attached hydrogens (tertiary/aromatic N) is 3. The summed E-state index contributed by atoms with van der Waals surface area (Å²) in [6.07, 6.45) is 0. The fourth-order valence-corrected chi connectivity index (χ4v) is 5.24. The van der Waals surface area contributed by atoms with Crippen LogP contribution in [-0.2, 0) is 6.54 Å². The predicted molar refractivity (Wildman–Crippen MR) is 155 cm³/mol. The van der Waals surface area contributed by atoms with E-state index >= 15 is 0 Å². The number of hydrogen-bond acceptors (Lipinski definition) is 5. The second-order valence-corrected chi connectivity index (χ2v) is 9.99. The molecule has 1 fully saturated rings. The summed E-state index contributed by atoms with van der Waals surface area (Å²) in [5, 5.41) is 1.21. The van der Waals surface area contributed by atoms with Crippen LogP contribution in [0, 0.1) is 0 Å². The number of rotatable bonds is 7. The van der Waals surface area contributed by atoms with E-state index < -0.39 is 5.69 Å². The van der Waals surface area contributed by atoms with Crippen molar-refractivity contribution in [2.45, 2.75) is 6.54 Å². The average Bonchev–Trinajstić information content (AvgIpc) is 3.39. The Kier molecular flexibility index (Phi) is 6.96. The minimum absolute atomic E-state index is 0.296. The minimum atomic E-state index is -0.415. The number of halogens is 1. The van der Waals surface area contributed by atoms with E-state index in [9.17, 15) is 9.59 Å². The van der Waals surface area contributed by atoms with Gasteiger partial charge < -0.3 is 14.6 Å². The summed E-state index contributed by atoms with van der Waals surface area (Å²) in [6, 6.07) is 26.8. The molecular formula is C30H28ClN5O3. The molecule has 5 aromatic rings. The normalized spacial score (nSPS) is 14.1. The maximum Gasteiger partial charge on any atom is 0.329 e. The lowest BCUT2D eigenvalue weighted by molar-refractivity contribution is 0.246. The van der Waals surface area contributed by atoms with E-state index in [0.717, 1.165) is 53.9 Å². The first-order valence-electron chi connectivity index (χ1n) is 13.0. The van der Waals surface area contributed by atoms with Crippen LogP contribution in [-0.4, -0.2) is 52.2 Å². The molecule has 6 rings (SSSR count). The molecule has 1 aliphatic heterocycles. The maximum atomic E-state index is 13.3. The van der Waals surface area contributed by atoms with Crippen LogP contribution in [0.1, 0.15) is 0 Å². The quantitative estimate of drug-likeness (QED) is 0.304. The van der Waals surface area contributed by atoms with Gasteiger partial charge in [-0.25, -0.2) is 4.79 Å². The Hall–Kier alpha value is -4.27. The van der Waals surface area contributed by atoms with Gasteiger partial charge in [0.2, 0.25) is 0 Å². The van der Waals surface area contributed by atoms with Crippen LogP contribution in [0.2, 0.25) is 5.02 Å². The molecule has 9 heteroatoms. The van der Waals surface area contributed by atoms with Gasteiger partial charge in [0.15, 0.2) is 0 Å². The molecule has 2 aromatic heterocycles. The molecule has 8 nitrogen and oxygen atoms in total. The standard InChI is InChI=1S/C30H28ClN5O3/c31-25-8-4-5-9-27(25)35-17-14-34(15-18-35)16-19-36-29(37)24-20-26(32-28(24)33-30(36)38)21-10-12-23(13-11-21)39-22-6-2-1-3-7-22/h1-13,20,32H,14-19H2,(H,33,38). The number of fused-ring (bicyclic) bond motifs is 1. The van der Waals surface area contributed by atoms with E-state index in [0.29, 0.717) is 29.9 Å². The summed E-state index contributed by atoms with van der Waals surface area (Å²) in [7, 11) is 0. The Morgan fingerprint density at radius 1 is 0.769 bits per heavy atom. The van der Waals surface area contributed by atoms with Gasteiger partial charge >= 0.3 is 5.69 Å². The predicted octanol–water partition coefficient (Wildman–Crippen LogP) is 4.95. The highest BCUT2D eigenvalue weighted by molar-refractivity contribution is 6.33. The number of H-pyrrole nitrogens is 2. The lowest BCUT2D eigenvalue weighted by atomic mass is 10.1. The fraction of sp³-hybridized carbons (Fsp3) is 0.200. The van der Waals surface area contributed by atoms with Crippen molar-refractivity contribution in [3.8, 4) is 22.8 Å². The summed E-state index contributed by atoms with van der Waals surface area (Å²) in [4.78, 5) is 36.6. The molecule has 39 heavy (non-hydrogen) atoms. The van der Waals surface area contributed by atoms with Crippen LogP contribution in [0.3, 0.4) is 0 Å². The van der Waals surface area contributed by atoms with Gasteiger partial charge in [-0.1, -0.05) is 41.9 Å². The lowest BCUT2D eigenvalue weighted by Gasteiger charge is -2.36. The highest BCUT2D eigenvalue weighted by Gasteiger charge is 2.19. The van der Waals surface area contributed by atoms with Crippen molar-refractivity contribution >= 4 is 28.3 Å². The zero-order valence-electron chi connectivity index (χ0n) is 21.3. The summed E-state index contributed by atoms with van der Waals surface area (Å²) < 4.78 is 7.15. The number of aromatic amines is 2. The highest BCUT2D eigenvalue weighted by Crippen LogP contribution is 2.27. The zero-order valence-corrected chi connectivity index (χ0v) is 22.0. The number of benzene rings is 3. The molecule has 0 spiro atoms. The SMILES string of the molecule is O=c1[nH]c2[nH]c(-c3ccc(Oc4ccccc4)cc3)cc2c(=O)n1CCN1CCN(c2ccccc2Cl)CC1. The molecule has 198 valence electrons. The molecule has 0 aliphatic carbocycles. The van der Waals surface area contributed by atoms with Gasteiger partial charge in [-0.2, -0.15) is 0 Å². The molecular weight excluding hydrogens is 514 g/mol. The van der Waals surface area contributed by atoms with E-state index in [4.69, 9.17) is 16.3 Å². The molecule has 0 bridgehead atoms. The van der Waals surface area contributed by atoms with Crippen LogP contribution >= 0.6 is 11.6 Å². The van der Waals surface area contributed by atoms with Crippen LogP contribution in [0.4, 0.5) is 5.69 Å². The number of para-hydroxylation sites is 2. The molecule has 1 saturated heterocycles. The number of nitrogens with one attached hydrogen (secondary N) is 2. The third kappa shape index (κ3) is 5.34. The molecule has 0 unspecified atom stereocenters. The number of ether oxygens (including phenoxy) is 1. The fourth-order valence-electron chi connectivity index (χ4n) is 4.98. The highest BCUT2D eigenvalue weighted by atomic mass is 35.5. The summed E-state index contributed by atoms with van der Waals surface area (Å²) >= 11 is 6.36. The summed E-state index contributed by atoms with van der Waals surface area (Å²) in [5.74, 6) is 1.47. The number of aromatic nitrogens is 3. The molecule has 0 radical (unpaired) electrons. The van der Waals surface area contributed by atoms with Crippen molar-refractivity contribution in [3.05, 3.63) is 111 Å². The Bertz CT molecular complexity index is 1700. The van der Waals surface area contributed by atoms with Gasteiger partial charge in [0.1, 0.15) is 17.1 Å². The molecule has 3 aromatic carbocycles. The number of piperazine rings is 1. The monoisotopic (exact) mass is 541 g/mol. The van der Waals surface area contributed by atoms with Crippen molar-refractivity contribution in [1.82, 2.24) is 19.4 Å². The second kappa shape index (κ2) is 10.8. The van der Waals surface area contributed by atoms with Crippen LogP contribution in [0.25, 0.3) is 22.3 Å². The van der Waals surface area contributed by atoms with Gasteiger partial charge in [0.25, 0.3) is 5.56 Å². The van der Waals surface area contributed by atoms with E-state index in [2.05, 4.69) is 19.8 Å². The molecule has 2 N–H and O–H groups in total. The second-order valence-electron chi connectivity index (χ2n) is 9.58. The first kappa shape index (κ1) is 25.0. The Morgan fingerprint density at radius 2 is 1.46 bits per heavy atom. The summed E-state index contributed by atoms with van der Waals surface area (Å²) in [6.45, 7) is 4.28. The largest absolute Gasteiger partial charge is 0.457 e.